The molecule has 27 heavy (non-hydrogen) atoms. The number of amides is 1. The average molecular weight is 365 g/mol. The lowest BCUT2D eigenvalue weighted by Gasteiger charge is -2.18. The molecule has 0 spiro atoms. The lowest BCUT2D eigenvalue weighted by atomic mass is 9.99. The van der Waals surface area contributed by atoms with Crippen molar-refractivity contribution in [3.05, 3.63) is 35.0 Å². The summed E-state index contributed by atoms with van der Waals surface area (Å²) in [6.07, 6.45) is 7.71. The van der Waals surface area contributed by atoms with Gasteiger partial charge in [-0.25, -0.2) is 9.97 Å². The van der Waals surface area contributed by atoms with Gasteiger partial charge in [-0.05, 0) is 43.6 Å². The van der Waals surface area contributed by atoms with Gasteiger partial charge in [0, 0.05) is 50.3 Å². The highest BCUT2D eigenvalue weighted by molar-refractivity contribution is 5.92. The number of carbonyl (C=O) groups excluding carboxylic acids is 1. The molecule has 2 aliphatic carbocycles. The van der Waals surface area contributed by atoms with Crippen LogP contribution >= 0.6 is 0 Å². The minimum atomic E-state index is -0.00424. The van der Waals surface area contributed by atoms with Gasteiger partial charge in [0.1, 0.15) is 5.76 Å². The Kier molecular flexibility index (Phi) is 3.34. The molecule has 0 bridgehead atoms. The van der Waals surface area contributed by atoms with Crippen LogP contribution in [0.1, 0.15) is 65.0 Å². The molecule has 0 unspecified atom stereocenters. The topological polar surface area (TPSA) is 75.4 Å². The first kappa shape index (κ1) is 15.6. The number of anilines is 1. The van der Waals surface area contributed by atoms with E-state index in [0.717, 1.165) is 62.8 Å². The maximum atomic E-state index is 12.9. The molecule has 2 aromatic rings. The van der Waals surface area contributed by atoms with Crippen molar-refractivity contribution in [2.45, 2.75) is 43.9 Å². The van der Waals surface area contributed by atoms with Crippen LogP contribution in [0, 0.1) is 5.92 Å². The van der Waals surface area contributed by atoms with E-state index < -0.39 is 0 Å². The summed E-state index contributed by atoms with van der Waals surface area (Å²) in [5.41, 5.74) is 2.88. The fraction of sp³-hybridized carbons (Fsp3) is 0.600. The molecule has 2 aliphatic heterocycles. The Balaban J connectivity index is 1.22. The lowest BCUT2D eigenvalue weighted by Crippen LogP contribution is -2.30. The Morgan fingerprint density at radius 1 is 1.19 bits per heavy atom. The second-order valence-corrected chi connectivity index (χ2v) is 8.44. The standard InChI is InChI=1S/C20H23N5O2/c26-19(16-8-17(27-23-16)12-3-4-12)25-10-14-7-13-9-21-20(24-5-1-2-6-24)22-18(13)15(14)11-25/h8-9,12,14-15H,1-7,10-11H2/t14-,15+/m1/s1. The summed E-state index contributed by atoms with van der Waals surface area (Å²) < 4.78 is 5.37. The summed E-state index contributed by atoms with van der Waals surface area (Å²) in [5.74, 6) is 2.97. The molecule has 1 saturated carbocycles. The van der Waals surface area contributed by atoms with Crippen molar-refractivity contribution < 1.29 is 9.32 Å². The van der Waals surface area contributed by atoms with Crippen molar-refractivity contribution in [2.24, 2.45) is 5.92 Å². The maximum absolute atomic E-state index is 12.9. The molecule has 0 aromatic carbocycles. The van der Waals surface area contributed by atoms with E-state index in [0.29, 0.717) is 23.4 Å². The minimum absolute atomic E-state index is 0.00424. The Morgan fingerprint density at radius 2 is 2.04 bits per heavy atom. The third-order valence-electron chi connectivity index (χ3n) is 6.56. The van der Waals surface area contributed by atoms with Gasteiger partial charge < -0.3 is 14.3 Å². The Labute approximate surface area is 157 Å². The average Bonchev–Trinajstić information content (AvgIpc) is 3.13. The SMILES string of the molecule is O=C(c1cc(C2CC2)on1)N1C[C@H]2Cc3cnc(N4CCCC4)nc3[C@H]2C1. The second-order valence-electron chi connectivity index (χ2n) is 8.44. The lowest BCUT2D eigenvalue weighted by molar-refractivity contribution is 0.0774. The summed E-state index contributed by atoms with van der Waals surface area (Å²) in [6, 6.07) is 1.84. The molecule has 2 aromatic heterocycles. The zero-order valence-corrected chi connectivity index (χ0v) is 15.3. The molecule has 4 heterocycles. The number of carbonyl (C=O) groups is 1. The summed E-state index contributed by atoms with van der Waals surface area (Å²) in [7, 11) is 0. The first-order chi connectivity index (χ1) is 13.3. The van der Waals surface area contributed by atoms with Gasteiger partial charge in [0.25, 0.3) is 5.91 Å². The number of rotatable bonds is 3. The van der Waals surface area contributed by atoms with Gasteiger partial charge in [0.15, 0.2) is 5.69 Å². The van der Waals surface area contributed by atoms with Crippen LogP contribution in [0.5, 0.6) is 0 Å². The summed E-state index contributed by atoms with van der Waals surface area (Å²) in [4.78, 5) is 26.6. The van der Waals surface area contributed by atoms with E-state index in [1.807, 2.05) is 17.2 Å². The van der Waals surface area contributed by atoms with Gasteiger partial charge in [-0.15, -0.1) is 0 Å². The molecule has 1 amide bonds. The first-order valence-corrected chi connectivity index (χ1v) is 10.1. The quantitative estimate of drug-likeness (QED) is 0.831. The highest BCUT2D eigenvalue weighted by Crippen LogP contribution is 2.43. The van der Waals surface area contributed by atoms with Crippen LogP contribution in [0.25, 0.3) is 0 Å². The van der Waals surface area contributed by atoms with E-state index in [1.165, 1.54) is 18.4 Å². The Morgan fingerprint density at radius 3 is 2.85 bits per heavy atom. The number of hydrogen-bond donors (Lipinski definition) is 0. The largest absolute Gasteiger partial charge is 0.360 e. The van der Waals surface area contributed by atoms with Crippen LogP contribution < -0.4 is 4.90 Å². The summed E-state index contributed by atoms with van der Waals surface area (Å²) >= 11 is 0. The Hall–Kier alpha value is -2.44. The molecule has 7 heteroatoms. The van der Waals surface area contributed by atoms with Crippen LogP contribution in [-0.2, 0) is 6.42 Å². The molecule has 0 radical (unpaired) electrons. The van der Waals surface area contributed by atoms with Gasteiger partial charge in [-0.2, -0.15) is 0 Å². The van der Waals surface area contributed by atoms with Crippen LogP contribution in [0.3, 0.4) is 0 Å². The highest BCUT2D eigenvalue weighted by atomic mass is 16.5. The molecular formula is C20H23N5O2. The van der Waals surface area contributed by atoms with Gasteiger partial charge in [-0.3, -0.25) is 4.79 Å². The summed E-state index contributed by atoms with van der Waals surface area (Å²) in [6.45, 7) is 3.59. The van der Waals surface area contributed by atoms with E-state index in [-0.39, 0.29) is 5.91 Å². The molecule has 4 aliphatic rings. The highest BCUT2D eigenvalue weighted by Gasteiger charge is 2.44. The molecular weight excluding hydrogens is 342 g/mol. The monoisotopic (exact) mass is 365 g/mol. The van der Waals surface area contributed by atoms with E-state index in [2.05, 4.69) is 15.0 Å². The van der Waals surface area contributed by atoms with Gasteiger partial charge in [0.05, 0.1) is 5.69 Å². The number of hydrogen-bond acceptors (Lipinski definition) is 6. The van der Waals surface area contributed by atoms with Crippen molar-refractivity contribution in [3.63, 3.8) is 0 Å². The zero-order valence-electron chi connectivity index (χ0n) is 15.3. The van der Waals surface area contributed by atoms with Crippen LogP contribution in [-0.4, -0.2) is 52.1 Å². The number of fused-ring (bicyclic) bond motifs is 3. The predicted molar refractivity (Wildman–Crippen MR) is 97.8 cm³/mol. The fourth-order valence-corrected chi connectivity index (χ4v) is 4.91. The van der Waals surface area contributed by atoms with Crippen LogP contribution in [0.15, 0.2) is 16.8 Å². The third-order valence-corrected chi connectivity index (χ3v) is 6.56. The maximum Gasteiger partial charge on any atom is 0.276 e. The van der Waals surface area contributed by atoms with E-state index in [9.17, 15) is 4.79 Å². The van der Waals surface area contributed by atoms with Gasteiger partial charge in [-0.1, -0.05) is 5.16 Å². The molecule has 3 fully saturated rings. The number of likely N-dealkylation sites (tertiary alicyclic amines) is 1. The Bertz CT molecular complexity index is 900. The van der Waals surface area contributed by atoms with E-state index >= 15 is 0 Å². The number of aromatic nitrogens is 3. The van der Waals surface area contributed by atoms with Gasteiger partial charge in [0.2, 0.25) is 5.95 Å². The normalized spacial score (nSPS) is 26.5. The molecule has 0 N–H and O–H groups in total. The molecule has 2 atom stereocenters. The second kappa shape index (κ2) is 5.78. The first-order valence-electron chi connectivity index (χ1n) is 10.1. The zero-order chi connectivity index (χ0) is 18.0. The van der Waals surface area contributed by atoms with Crippen molar-refractivity contribution in [3.8, 4) is 0 Å². The predicted octanol–water partition coefficient (Wildman–Crippen LogP) is 2.35. The van der Waals surface area contributed by atoms with E-state index in [4.69, 9.17) is 9.51 Å². The smallest absolute Gasteiger partial charge is 0.276 e. The fourth-order valence-electron chi connectivity index (χ4n) is 4.91. The molecule has 6 rings (SSSR count). The third kappa shape index (κ3) is 2.55. The van der Waals surface area contributed by atoms with E-state index in [1.54, 1.807) is 0 Å². The van der Waals surface area contributed by atoms with Crippen molar-refractivity contribution in [1.82, 2.24) is 20.0 Å². The van der Waals surface area contributed by atoms with Crippen LogP contribution in [0.2, 0.25) is 0 Å². The number of nitrogens with zero attached hydrogens (tertiary/aromatic N) is 5. The van der Waals surface area contributed by atoms with Crippen LogP contribution in [0.4, 0.5) is 5.95 Å². The van der Waals surface area contributed by atoms with Crippen molar-refractivity contribution >= 4 is 11.9 Å². The minimum Gasteiger partial charge on any atom is -0.360 e. The molecule has 140 valence electrons. The van der Waals surface area contributed by atoms with Crippen molar-refractivity contribution in [2.75, 3.05) is 31.1 Å². The van der Waals surface area contributed by atoms with Crippen molar-refractivity contribution in [1.29, 1.82) is 0 Å². The molecule has 2 saturated heterocycles. The van der Waals surface area contributed by atoms with Gasteiger partial charge >= 0.3 is 0 Å². The molecule has 7 nitrogen and oxygen atoms in total. The summed E-state index contributed by atoms with van der Waals surface area (Å²) in [5, 5.41) is 4.03.